The first-order valence-electron chi connectivity index (χ1n) is 10.6. The molecule has 1 aliphatic rings. The zero-order valence-electron chi connectivity index (χ0n) is 18.7. The first kappa shape index (κ1) is 24.1. The van der Waals surface area contributed by atoms with E-state index in [4.69, 9.17) is 37.4 Å². The first-order valence-corrected chi connectivity index (χ1v) is 11.3. The number of aromatic nitrogens is 2. The third-order valence-corrected chi connectivity index (χ3v) is 6.17. The minimum absolute atomic E-state index is 0.0556. The van der Waals surface area contributed by atoms with Gasteiger partial charge in [0.05, 0.1) is 42.3 Å². The van der Waals surface area contributed by atoms with Gasteiger partial charge in [-0.3, -0.25) is 0 Å². The summed E-state index contributed by atoms with van der Waals surface area (Å²) in [5.41, 5.74) is 1.65. The van der Waals surface area contributed by atoms with Crippen LogP contribution in [0.3, 0.4) is 0 Å². The zero-order chi connectivity index (χ0) is 24.1. The zero-order valence-corrected chi connectivity index (χ0v) is 20.2. The fourth-order valence-corrected chi connectivity index (χ4v) is 4.16. The summed E-state index contributed by atoms with van der Waals surface area (Å²) in [7, 11) is 3.01. The van der Waals surface area contributed by atoms with E-state index < -0.39 is 0 Å². The van der Waals surface area contributed by atoms with Crippen LogP contribution in [0.4, 0.5) is 21.7 Å². The topological polar surface area (TPSA) is 80.8 Å². The number of rotatable bonds is 8. The van der Waals surface area contributed by atoms with Crippen LogP contribution in [0.25, 0.3) is 0 Å². The molecule has 8 nitrogen and oxygen atoms in total. The Morgan fingerprint density at radius 2 is 1.68 bits per heavy atom. The Morgan fingerprint density at radius 3 is 2.26 bits per heavy atom. The summed E-state index contributed by atoms with van der Waals surface area (Å²) in [6, 6.07) is 6.60. The van der Waals surface area contributed by atoms with E-state index in [1.807, 2.05) is 4.90 Å². The molecule has 2 aromatic carbocycles. The van der Waals surface area contributed by atoms with Gasteiger partial charge in [-0.05, 0) is 18.2 Å². The normalized spacial score (nSPS) is 13.5. The van der Waals surface area contributed by atoms with Crippen molar-refractivity contribution in [2.24, 2.45) is 0 Å². The maximum absolute atomic E-state index is 14.6. The predicted octanol–water partition coefficient (Wildman–Crippen LogP) is 4.67. The first-order chi connectivity index (χ1) is 16.5. The van der Waals surface area contributed by atoms with Gasteiger partial charge in [0, 0.05) is 43.5 Å². The minimum Gasteiger partial charge on any atom is -0.495 e. The van der Waals surface area contributed by atoms with Gasteiger partial charge in [-0.25, -0.2) is 14.4 Å². The van der Waals surface area contributed by atoms with Crippen LogP contribution in [-0.2, 0) is 6.61 Å². The highest BCUT2D eigenvalue weighted by Gasteiger charge is 2.18. The van der Waals surface area contributed by atoms with E-state index in [0.717, 1.165) is 26.2 Å². The molecule has 2 N–H and O–H groups in total. The maximum atomic E-state index is 14.6. The van der Waals surface area contributed by atoms with E-state index in [1.54, 1.807) is 18.2 Å². The lowest BCUT2D eigenvalue weighted by molar-refractivity contribution is 0.301. The van der Waals surface area contributed by atoms with Crippen molar-refractivity contribution >= 4 is 40.5 Å². The lowest BCUT2D eigenvalue weighted by Gasteiger charge is -2.29. The van der Waals surface area contributed by atoms with E-state index >= 15 is 0 Å². The number of anilines is 3. The Hall–Kier alpha value is -3.01. The Bertz CT molecular complexity index is 1120. The highest BCUT2D eigenvalue weighted by atomic mass is 35.5. The molecule has 0 bridgehead atoms. The number of halogens is 3. The van der Waals surface area contributed by atoms with Crippen molar-refractivity contribution in [2.45, 2.75) is 6.61 Å². The number of piperazine rings is 1. The van der Waals surface area contributed by atoms with Crippen molar-refractivity contribution in [3.05, 3.63) is 58.1 Å². The molecule has 4 rings (SSSR count). The van der Waals surface area contributed by atoms with Gasteiger partial charge in [-0.2, -0.15) is 0 Å². The van der Waals surface area contributed by atoms with E-state index in [-0.39, 0.29) is 12.4 Å². The fourth-order valence-electron chi connectivity index (χ4n) is 3.55. The number of hydrogen-bond donors (Lipinski definition) is 2. The highest BCUT2D eigenvalue weighted by Crippen LogP contribution is 2.40. The van der Waals surface area contributed by atoms with Crippen LogP contribution in [0.5, 0.6) is 17.2 Å². The molecule has 0 spiro atoms. The van der Waals surface area contributed by atoms with Crippen molar-refractivity contribution in [3.63, 3.8) is 0 Å². The molecule has 0 aliphatic carbocycles. The third-order valence-electron chi connectivity index (χ3n) is 5.34. The van der Waals surface area contributed by atoms with Gasteiger partial charge in [0.25, 0.3) is 0 Å². The summed E-state index contributed by atoms with van der Waals surface area (Å²) in [5.74, 6) is 1.26. The van der Waals surface area contributed by atoms with Gasteiger partial charge in [0.1, 0.15) is 23.9 Å². The van der Waals surface area contributed by atoms with Gasteiger partial charge in [-0.15, -0.1) is 0 Å². The largest absolute Gasteiger partial charge is 0.495 e. The average molecular weight is 508 g/mol. The Kier molecular flexibility index (Phi) is 7.77. The second kappa shape index (κ2) is 10.9. The molecular formula is C23H24Cl2FN5O3. The molecule has 0 amide bonds. The lowest BCUT2D eigenvalue weighted by Crippen LogP contribution is -2.43. The molecule has 1 aromatic heterocycles. The quantitative estimate of drug-likeness (QED) is 0.455. The number of nitrogens with one attached hydrogen (secondary N) is 2. The molecule has 1 saturated heterocycles. The molecule has 2 heterocycles. The molecule has 180 valence electrons. The van der Waals surface area contributed by atoms with Crippen molar-refractivity contribution in [1.29, 1.82) is 0 Å². The molecular weight excluding hydrogens is 484 g/mol. The second-order valence-electron chi connectivity index (χ2n) is 7.45. The maximum Gasteiger partial charge on any atom is 0.227 e. The van der Waals surface area contributed by atoms with E-state index in [1.165, 1.54) is 32.7 Å². The predicted molar refractivity (Wildman–Crippen MR) is 131 cm³/mol. The average Bonchev–Trinajstić information content (AvgIpc) is 2.86. The number of hydrogen-bond acceptors (Lipinski definition) is 8. The molecule has 34 heavy (non-hydrogen) atoms. The third kappa shape index (κ3) is 5.38. The van der Waals surface area contributed by atoms with Crippen LogP contribution in [0.2, 0.25) is 10.0 Å². The van der Waals surface area contributed by atoms with Crippen molar-refractivity contribution < 1.29 is 18.6 Å². The van der Waals surface area contributed by atoms with Gasteiger partial charge in [0.15, 0.2) is 5.75 Å². The molecule has 0 radical (unpaired) electrons. The van der Waals surface area contributed by atoms with E-state index in [0.29, 0.717) is 50.2 Å². The van der Waals surface area contributed by atoms with Gasteiger partial charge < -0.3 is 29.7 Å². The number of ether oxygens (including phenoxy) is 3. The summed E-state index contributed by atoms with van der Waals surface area (Å²) in [5, 5.41) is 6.92. The van der Waals surface area contributed by atoms with Crippen molar-refractivity contribution in [1.82, 2.24) is 15.3 Å². The molecule has 3 aromatic rings. The Labute approximate surface area is 207 Å². The summed E-state index contributed by atoms with van der Waals surface area (Å²) in [6.07, 6.45) is 3.00. The van der Waals surface area contributed by atoms with Gasteiger partial charge >= 0.3 is 0 Å². The molecule has 1 fully saturated rings. The van der Waals surface area contributed by atoms with Crippen LogP contribution in [-0.4, -0.2) is 50.4 Å². The Balaban J connectivity index is 1.41. The van der Waals surface area contributed by atoms with E-state index in [2.05, 4.69) is 20.6 Å². The summed E-state index contributed by atoms with van der Waals surface area (Å²) in [4.78, 5) is 10.5. The van der Waals surface area contributed by atoms with Crippen LogP contribution < -0.4 is 29.7 Å². The SMILES string of the molecule is COc1cc(OC)c(Cl)c(COc2cnc(Nc3ccc(N4CCNCC4)c(F)c3)nc2)c1Cl. The summed E-state index contributed by atoms with van der Waals surface area (Å²) < 4.78 is 30.9. The second-order valence-corrected chi connectivity index (χ2v) is 8.20. The Morgan fingerprint density at radius 1 is 1.03 bits per heavy atom. The van der Waals surface area contributed by atoms with Crippen LogP contribution in [0.15, 0.2) is 36.7 Å². The standard InChI is InChI=1S/C23H24Cl2FN5O3/c1-32-19-10-20(33-2)22(25)16(21(19)24)13-34-15-11-28-23(29-12-15)30-14-3-4-18(17(26)9-14)31-7-5-27-6-8-31/h3-4,9-12,27H,5-8,13H2,1-2H3,(H,28,29,30). The molecule has 11 heteroatoms. The monoisotopic (exact) mass is 507 g/mol. The molecule has 1 aliphatic heterocycles. The van der Waals surface area contributed by atoms with Gasteiger partial charge in [-0.1, -0.05) is 23.2 Å². The van der Waals surface area contributed by atoms with E-state index in [9.17, 15) is 4.39 Å². The van der Waals surface area contributed by atoms with Crippen molar-refractivity contribution in [3.8, 4) is 17.2 Å². The minimum atomic E-state index is -0.297. The van der Waals surface area contributed by atoms with Crippen LogP contribution in [0, 0.1) is 5.82 Å². The number of nitrogens with zero attached hydrogens (tertiary/aromatic N) is 3. The highest BCUT2D eigenvalue weighted by molar-refractivity contribution is 6.37. The van der Waals surface area contributed by atoms with Crippen molar-refractivity contribution in [2.75, 3.05) is 50.6 Å². The lowest BCUT2D eigenvalue weighted by atomic mass is 10.2. The molecule has 0 saturated carbocycles. The number of benzene rings is 2. The van der Waals surface area contributed by atoms with Gasteiger partial charge in [0.2, 0.25) is 5.95 Å². The van der Waals surface area contributed by atoms with Crippen LogP contribution >= 0.6 is 23.2 Å². The summed E-state index contributed by atoms with van der Waals surface area (Å²) >= 11 is 12.8. The molecule has 0 unspecified atom stereocenters. The fraction of sp³-hybridized carbons (Fsp3) is 0.304. The van der Waals surface area contributed by atoms with Crippen LogP contribution in [0.1, 0.15) is 5.56 Å². The number of methoxy groups -OCH3 is 2. The summed E-state index contributed by atoms with van der Waals surface area (Å²) in [6.45, 7) is 3.28. The smallest absolute Gasteiger partial charge is 0.227 e. The molecule has 0 atom stereocenters.